The fourth-order valence-electron chi connectivity index (χ4n) is 1.24. The van der Waals surface area contributed by atoms with Crippen molar-refractivity contribution in [2.24, 2.45) is 0 Å². The average Bonchev–Trinajstić information content (AvgIpc) is 2.12. The second kappa shape index (κ2) is 4.60. The molecule has 0 saturated carbocycles. The number of halogens is 2. The molecular weight excluding hydrogens is 197 g/mol. The molecule has 1 aromatic rings. The van der Waals surface area contributed by atoms with Crippen LogP contribution in [0.2, 0.25) is 0 Å². The molecule has 1 aromatic carbocycles. The summed E-state index contributed by atoms with van der Waals surface area (Å²) in [6.45, 7) is 5.36. The number of rotatable bonds is 3. The molecule has 1 rings (SSSR count). The van der Waals surface area contributed by atoms with Crippen LogP contribution >= 0.6 is 0 Å². The van der Waals surface area contributed by atoms with Crippen LogP contribution in [0.3, 0.4) is 0 Å². The van der Waals surface area contributed by atoms with Gasteiger partial charge in [0.2, 0.25) is 0 Å². The molecular formula is C12H16F2O. The van der Waals surface area contributed by atoms with Gasteiger partial charge in [-0.15, -0.1) is 0 Å². The topological polar surface area (TPSA) is 9.23 Å². The standard InChI is InChI=1S/C12H16F2O/c1-12(2,3)9-6-10(14)8-11(7-9)15-5-4-13/h6-8H,4-5H2,1-3H3/i13-1. The Balaban J connectivity index is 2.95. The molecule has 0 aromatic heterocycles. The summed E-state index contributed by atoms with van der Waals surface area (Å²) in [5.41, 5.74) is 0.701. The normalized spacial score (nSPS) is 11.5. The molecule has 3 heteroatoms. The molecule has 0 N–H and O–H groups in total. The molecule has 0 spiro atoms. The minimum absolute atomic E-state index is 0.0347. The van der Waals surface area contributed by atoms with Crippen LogP contribution in [-0.4, -0.2) is 13.3 Å². The van der Waals surface area contributed by atoms with E-state index in [2.05, 4.69) is 0 Å². The van der Waals surface area contributed by atoms with E-state index < -0.39 is 6.67 Å². The van der Waals surface area contributed by atoms with Crippen molar-refractivity contribution in [3.63, 3.8) is 0 Å². The molecule has 0 unspecified atom stereocenters. The summed E-state index contributed by atoms with van der Waals surface area (Å²) in [5, 5.41) is 0. The second-order valence-electron chi connectivity index (χ2n) is 4.46. The molecule has 0 aliphatic heterocycles. The van der Waals surface area contributed by atoms with Gasteiger partial charge in [0, 0.05) is 6.07 Å². The fourth-order valence-corrected chi connectivity index (χ4v) is 1.24. The molecule has 0 aliphatic carbocycles. The number of benzene rings is 1. The summed E-state index contributed by atoms with van der Waals surface area (Å²) in [5.74, 6) is 0.0360. The lowest BCUT2D eigenvalue weighted by Gasteiger charge is -2.20. The van der Waals surface area contributed by atoms with Gasteiger partial charge in [0.05, 0.1) is 0 Å². The Labute approximate surface area is 89.1 Å². The van der Waals surface area contributed by atoms with Crippen LogP contribution in [-0.2, 0) is 5.41 Å². The number of hydrogen-bond donors (Lipinski definition) is 0. The van der Waals surface area contributed by atoms with Crippen LogP contribution in [0.25, 0.3) is 0 Å². The quantitative estimate of drug-likeness (QED) is 0.747. The van der Waals surface area contributed by atoms with Crippen molar-refractivity contribution in [2.75, 3.05) is 13.3 Å². The van der Waals surface area contributed by atoms with E-state index in [1.807, 2.05) is 20.8 Å². The Morgan fingerprint density at radius 2 is 1.87 bits per heavy atom. The van der Waals surface area contributed by atoms with Gasteiger partial charge in [-0.3, -0.25) is 0 Å². The maximum atomic E-state index is 13.2. The third-order valence-corrected chi connectivity index (χ3v) is 2.08. The van der Waals surface area contributed by atoms with Crippen molar-refractivity contribution in [2.45, 2.75) is 26.2 Å². The van der Waals surface area contributed by atoms with Crippen LogP contribution in [0.1, 0.15) is 26.3 Å². The van der Waals surface area contributed by atoms with Gasteiger partial charge >= 0.3 is 0 Å². The largest absolute Gasteiger partial charge is 0.491 e. The first-order valence-electron chi connectivity index (χ1n) is 4.93. The van der Waals surface area contributed by atoms with Crippen molar-refractivity contribution < 1.29 is 13.5 Å². The first-order valence-corrected chi connectivity index (χ1v) is 4.93. The molecule has 84 valence electrons. The van der Waals surface area contributed by atoms with Gasteiger partial charge in [-0.25, -0.2) is 8.78 Å². The van der Waals surface area contributed by atoms with Crippen LogP contribution in [0, 0.1) is 5.82 Å². The van der Waals surface area contributed by atoms with E-state index in [1.165, 1.54) is 12.1 Å². The lowest BCUT2D eigenvalue weighted by Crippen LogP contribution is -2.12. The van der Waals surface area contributed by atoms with Gasteiger partial charge in [-0.1, -0.05) is 20.8 Å². The molecule has 0 saturated heterocycles. The van der Waals surface area contributed by atoms with Gasteiger partial charge in [-0.2, -0.15) is 0 Å². The van der Waals surface area contributed by atoms with Gasteiger partial charge in [-0.05, 0) is 23.1 Å². The minimum Gasteiger partial charge on any atom is -0.491 e. The number of alkyl halides is 1. The molecule has 0 bridgehead atoms. The predicted molar refractivity (Wildman–Crippen MR) is 56.6 cm³/mol. The molecule has 0 radical (unpaired) electrons. The van der Waals surface area contributed by atoms with Gasteiger partial charge in [0.15, 0.2) is 0 Å². The zero-order valence-electron chi connectivity index (χ0n) is 9.31. The van der Waals surface area contributed by atoms with Gasteiger partial charge in [0.1, 0.15) is 24.8 Å². The van der Waals surface area contributed by atoms with E-state index in [-0.39, 0.29) is 17.8 Å². The first-order chi connectivity index (χ1) is 6.93. The highest BCUT2D eigenvalue weighted by atomic mass is 19.1. The lowest BCUT2D eigenvalue weighted by molar-refractivity contribution is 0.271. The third-order valence-electron chi connectivity index (χ3n) is 2.08. The van der Waals surface area contributed by atoms with E-state index in [9.17, 15) is 8.78 Å². The monoisotopic (exact) mass is 213 g/mol. The zero-order valence-corrected chi connectivity index (χ0v) is 9.31. The highest BCUT2D eigenvalue weighted by Gasteiger charge is 2.15. The Morgan fingerprint density at radius 1 is 1.20 bits per heavy atom. The maximum absolute atomic E-state index is 13.2. The predicted octanol–water partition coefficient (Wildman–Crippen LogP) is 3.47. The first kappa shape index (κ1) is 12.0. The van der Waals surface area contributed by atoms with E-state index in [0.717, 1.165) is 5.56 Å². The highest BCUT2D eigenvalue weighted by Crippen LogP contribution is 2.27. The Hall–Kier alpha value is -1.12. The zero-order chi connectivity index (χ0) is 11.5. The van der Waals surface area contributed by atoms with E-state index in [4.69, 9.17) is 4.74 Å². The van der Waals surface area contributed by atoms with Crippen molar-refractivity contribution in [1.82, 2.24) is 0 Å². The molecule has 15 heavy (non-hydrogen) atoms. The molecule has 0 heterocycles. The van der Waals surface area contributed by atoms with E-state index in [0.29, 0.717) is 5.75 Å². The average molecular weight is 213 g/mol. The molecule has 1 nitrogen and oxygen atoms in total. The summed E-state index contributed by atoms with van der Waals surface area (Å²) < 4.78 is 30.2. The smallest absolute Gasteiger partial charge is 0.127 e. The SMILES string of the molecule is CC(C)(C)c1cc(F)cc(OCC[18F])c1. The summed E-state index contributed by atoms with van der Waals surface area (Å²) in [7, 11) is 0. The van der Waals surface area contributed by atoms with Crippen LogP contribution in [0.5, 0.6) is 5.75 Å². The lowest BCUT2D eigenvalue weighted by atomic mass is 9.87. The van der Waals surface area contributed by atoms with E-state index >= 15 is 0 Å². The second-order valence-corrected chi connectivity index (χ2v) is 4.46. The van der Waals surface area contributed by atoms with Gasteiger partial charge in [0.25, 0.3) is 0 Å². The van der Waals surface area contributed by atoms with Crippen LogP contribution < -0.4 is 4.74 Å². The summed E-state index contributed by atoms with van der Waals surface area (Å²) in [6.07, 6.45) is 0. The Kier molecular flexibility index (Phi) is 3.66. The molecule has 0 atom stereocenters. The van der Waals surface area contributed by atoms with Crippen LogP contribution in [0.15, 0.2) is 18.2 Å². The molecule has 0 aliphatic rings. The molecule has 0 amide bonds. The van der Waals surface area contributed by atoms with Crippen molar-refractivity contribution >= 4 is 0 Å². The minimum atomic E-state index is -0.568. The maximum Gasteiger partial charge on any atom is 0.127 e. The summed E-state index contributed by atoms with van der Waals surface area (Å²) in [4.78, 5) is 0. The Morgan fingerprint density at radius 3 is 2.40 bits per heavy atom. The summed E-state index contributed by atoms with van der Waals surface area (Å²) in [6, 6.07) is 4.49. The third kappa shape index (κ3) is 3.50. The van der Waals surface area contributed by atoms with Crippen molar-refractivity contribution in [3.8, 4) is 5.75 Å². The van der Waals surface area contributed by atoms with Crippen molar-refractivity contribution in [3.05, 3.63) is 29.6 Å². The van der Waals surface area contributed by atoms with Crippen molar-refractivity contribution in [1.29, 1.82) is 0 Å². The van der Waals surface area contributed by atoms with Gasteiger partial charge < -0.3 is 4.74 Å². The number of ether oxygens (including phenoxy) is 1. The molecule has 0 fully saturated rings. The Bertz CT molecular complexity index is 329. The highest BCUT2D eigenvalue weighted by molar-refractivity contribution is 5.33. The fraction of sp³-hybridized carbons (Fsp3) is 0.500. The summed E-state index contributed by atoms with van der Waals surface area (Å²) >= 11 is 0. The van der Waals surface area contributed by atoms with Crippen LogP contribution in [0.4, 0.5) is 8.78 Å². The number of hydrogen-bond acceptors (Lipinski definition) is 1. The van der Waals surface area contributed by atoms with E-state index in [1.54, 1.807) is 6.07 Å².